The molecule has 5 aliphatic rings. The van der Waals surface area contributed by atoms with Gasteiger partial charge in [-0.2, -0.15) is 0 Å². The maximum absolute atomic E-state index is 6.08. The molecule has 17 nitrogen and oxygen atoms in total. The minimum Gasteiger partial charge on any atom is -0.497 e. The zero-order chi connectivity index (χ0) is 102. The van der Waals surface area contributed by atoms with Crippen LogP contribution in [0.15, 0.2) is 261 Å². The Bertz CT molecular complexity index is 5250. The number of ether oxygens (including phenoxy) is 8. The summed E-state index contributed by atoms with van der Waals surface area (Å²) in [4.78, 5) is 11.1. The number of nitrogens with zero attached hydrogens (tertiary/aromatic N) is 5. The van der Waals surface area contributed by atoms with Crippen LogP contribution in [0, 0.1) is 0 Å². The summed E-state index contributed by atoms with van der Waals surface area (Å²) in [6.07, 6.45) is 16.4. The summed E-state index contributed by atoms with van der Waals surface area (Å²) in [5.41, 5.74) is 19.1. The van der Waals surface area contributed by atoms with Crippen LogP contribution in [0.5, 0.6) is 17.2 Å². The van der Waals surface area contributed by atoms with E-state index in [4.69, 9.17) is 37.9 Å². The van der Waals surface area contributed by atoms with Crippen molar-refractivity contribution in [1.29, 1.82) is 0 Å². The Morgan fingerprint density at radius 1 is 0.296 bits per heavy atom. The van der Waals surface area contributed by atoms with Crippen LogP contribution in [-0.2, 0) is 83.5 Å². The lowest BCUT2D eigenvalue weighted by Gasteiger charge is -2.46. The average molecular weight is 1940 g/mol. The lowest BCUT2D eigenvalue weighted by atomic mass is 9.67. The number of benzene rings is 10. The van der Waals surface area contributed by atoms with E-state index in [2.05, 4.69) is 453 Å². The molecule has 5 atom stereocenters. The molecule has 0 aliphatic carbocycles. The first kappa shape index (κ1) is 113. The number of anilines is 4. The number of nitrogens with one attached hydrogen (secondary N) is 4. The highest BCUT2D eigenvalue weighted by atomic mass is 16.5. The number of rotatable bonds is 39. The predicted molar refractivity (Wildman–Crippen MR) is 596 cm³/mol. The molecule has 17 heteroatoms. The zero-order valence-corrected chi connectivity index (χ0v) is 91.3. The number of hydrogen-bond acceptors (Lipinski definition) is 17. The van der Waals surface area contributed by atoms with Crippen LogP contribution in [-0.4, -0.2) is 182 Å². The van der Waals surface area contributed by atoms with E-state index in [0.29, 0.717) is 0 Å². The van der Waals surface area contributed by atoms with Crippen LogP contribution < -0.4 is 55.1 Å². The fourth-order valence-corrected chi connectivity index (χ4v) is 22.6. The summed E-state index contributed by atoms with van der Waals surface area (Å²) in [7, 11) is 20.1. The van der Waals surface area contributed by atoms with E-state index in [1.807, 2.05) is 0 Å². The first-order valence-electron chi connectivity index (χ1n) is 52.8. The van der Waals surface area contributed by atoms with E-state index < -0.39 is 0 Å². The highest BCUT2D eigenvalue weighted by molar-refractivity contribution is 5.50. The molecule has 0 spiro atoms. The zero-order valence-electron chi connectivity index (χ0n) is 91.3. The maximum atomic E-state index is 6.08. The van der Waals surface area contributed by atoms with Crippen molar-refractivity contribution >= 4 is 22.7 Å². The molecule has 5 unspecified atom stereocenters. The van der Waals surface area contributed by atoms with Crippen molar-refractivity contribution in [1.82, 2.24) is 26.2 Å². The third-order valence-electron chi connectivity index (χ3n) is 30.0. The molecule has 4 N–H and O–H groups in total. The fourth-order valence-electron chi connectivity index (χ4n) is 22.6. The standard InChI is InChI=1S/C26H38N2O.2C25H36N2O2.C25H35NO2.C24H34N2O/c1-6-28(20-22-12-14-24(15-13-22)27(4)5)18-16-26(23-10-8-7-9-11-23)17-19-29-25(2,3)21-26;1-24(2)19-25(15-17-29-24,21-8-12-23(28-5)13-9-21)14-16-26-18-20-6-10-22(11-7-20)27(3)4;1-24(2)19-25(15-17-29-24,22-8-6-7-9-23(22)28-5)14-16-26-18-20-10-12-21(13-11-20)27(3)4;1-20(2)28-23-12-10-21(11-13-23)18-26-16-14-25(22-8-6-5-7-9-22)15-17-27-24(3,4)19-25;1-23(2)19-24(15-17-27-23,21-8-6-5-7-9-21)14-16-25-18-20-10-12-22(13-11-20)26(3)4/h7-15H,6,16-21H2,1-5H3;2*6-13,26H,14-19H2,1-5H3;5-13,20,26H,14-19H2,1-4H3;5-13,25H,14-19H2,1-4H3. The normalized spacial score (nSPS) is 21.3. The Morgan fingerprint density at radius 2 is 0.563 bits per heavy atom. The van der Waals surface area contributed by atoms with Crippen molar-refractivity contribution in [2.75, 3.05) is 163 Å². The second-order valence-electron chi connectivity index (χ2n) is 45.0. The molecule has 10 aromatic rings. The van der Waals surface area contributed by atoms with Gasteiger partial charge in [-0.25, -0.2) is 0 Å². The van der Waals surface area contributed by atoms with Gasteiger partial charge in [-0.3, -0.25) is 4.90 Å². The molecule has 142 heavy (non-hydrogen) atoms. The van der Waals surface area contributed by atoms with E-state index in [1.165, 1.54) is 84.8 Å². The topological polar surface area (TPSA) is 138 Å². The van der Waals surface area contributed by atoms with E-state index in [1.54, 1.807) is 14.2 Å². The molecule has 772 valence electrons. The van der Waals surface area contributed by atoms with Crippen LogP contribution in [0.4, 0.5) is 22.7 Å². The van der Waals surface area contributed by atoms with Gasteiger partial charge in [0.1, 0.15) is 17.2 Å². The summed E-state index contributed by atoms with van der Waals surface area (Å²) < 4.78 is 47.0. The Balaban J connectivity index is 0.000000170. The lowest BCUT2D eigenvalue weighted by molar-refractivity contribution is -0.0855. The van der Waals surface area contributed by atoms with E-state index >= 15 is 0 Å². The molecule has 0 aromatic heterocycles. The maximum Gasteiger partial charge on any atom is 0.122 e. The Kier molecular flexibility index (Phi) is 42.0. The van der Waals surface area contributed by atoms with Gasteiger partial charge >= 0.3 is 0 Å². The molecule has 0 bridgehead atoms. The van der Waals surface area contributed by atoms with Crippen molar-refractivity contribution in [3.8, 4) is 17.2 Å². The third-order valence-corrected chi connectivity index (χ3v) is 30.0. The summed E-state index contributed by atoms with van der Waals surface area (Å²) in [5, 5.41) is 14.6. The molecular formula is C125H179N9O8. The summed E-state index contributed by atoms with van der Waals surface area (Å²) in [6, 6.07) is 94.0. The highest BCUT2D eigenvalue weighted by Crippen LogP contribution is 2.51. The molecule has 0 radical (unpaired) electrons. The molecule has 0 saturated carbocycles. The minimum absolute atomic E-state index is 0.0594. The van der Waals surface area contributed by atoms with Gasteiger partial charge in [0.2, 0.25) is 0 Å². The summed E-state index contributed by atoms with van der Waals surface area (Å²) in [5.74, 6) is 2.84. The van der Waals surface area contributed by atoms with Gasteiger partial charge in [0.15, 0.2) is 0 Å². The van der Waals surface area contributed by atoms with Gasteiger partial charge in [-0.1, -0.05) is 189 Å². The van der Waals surface area contributed by atoms with Crippen molar-refractivity contribution in [2.24, 2.45) is 0 Å². The lowest BCUT2D eigenvalue weighted by Crippen LogP contribution is -2.45. The fraction of sp³-hybridized carbons (Fsp3) is 0.520. The van der Waals surface area contributed by atoms with E-state index in [0.717, 1.165) is 212 Å². The third kappa shape index (κ3) is 34.0. The Morgan fingerprint density at radius 3 is 0.859 bits per heavy atom. The van der Waals surface area contributed by atoms with Crippen LogP contribution >= 0.6 is 0 Å². The predicted octanol–water partition coefficient (Wildman–Crippen LogP) is 25.3. The van der Waals surface area contributed by atoms with Crippen molar-refractivity contribution in [3.05, 3.63) is 316 Å². The van der Waals surface area contributed by atoms with E-state index in [-0.39, 0.29) is 61.2 Å². The molecule has 5 saturated heterocycles. The molecule has 10 aromatic carbocycles. The number of para-hydroxylation sites is 1. The van der Waals surface area contributed by atoms with Crippen molar-refractivity contribution in [2.45, 2.75) is 280 Å². The quantitative estimate of drug-likeness (QED) is 0.0272. The van der Waals surface area contributed by atoms with Gasteiger partial charge in [-0.05, 0) is 348 Å². The second kappa shape index (κ2) is 53.0. The first-order chi connectivity index (χ1) is 67.8. The molecule has 15 rings (SSSR count). The van der Waals surface area contributed by atoms with E-state index in [9.17, 15) is 0 Å². The molecule has 5 heterocycles. The monoisotopic (exact) mass is 1930 g/mol. The summed E-state index contributed by atoms with van der Waals surface area (Å²) in [6.45, 7) is 43.4. The van der Waals surface area contributed by atoms with Gasteiger partial charge in [-0.15, -0.1) is 0 Å². The van der Waals surface area contributed by atoms with Crippen LogP contribution in [0.2, 0.25) is 0 Å². The number of methoxy groups -OCH3 is 2. The molecule has 5 aliphatic heterocycles. The van der Waals surface area contributed by atoms with Gasteiger partial charge < -0.3 is 78.8 Å². The second-order valence-corrected chi connectivity index (χ2v) is 45.0. The van der Waals surface area contributed by atoms with Crippen LogP contribution in [0.1, 0.15) is 242 Å². The largest absolute Gasteiger partial charge is 0.497 e. The van der Waals surface area contributed by atoms with Gasteiger partial charge in [0.05, 0.1) is 48.3 Å². The summed E-state index contributed by atoms with van der Waals surface area (Å²) >= 11 is 0. The smallest absolute Gasteiger partial charge is 0.122 e. The molecule has 0 amide bonds. The minimum atomic E-state index is -0.124. The van der Waals surface area contributed by atoms with Crippen molar-refractivity contribution in [3.63, 3.8) is 0 Å². The van der Waals surface area contributed by atoms with Gasteiger partial charge in [0.25, 0.3) is 0 Å². The number of hydrogen-bond donors (Lipinski definition) is 4. The molecule has 5 fully saturated rings. The highest BCUT2D eigenvalue weighted by Gasteiger charge is 2.47. The van der Waals surface area contributed by atoms with Gasteiger partial charge in [0, 0.05) is 178 Å². The van der Waals surface area contributed by atoms with Crippen LogP contribution in [0.25, 0.3) is 0 Å². The Labute approximate surface area is 858 Å². The first-order valence-corrected chi connectivity index (χ1v) is 52.8. The Hall–Kier alpha value is -9.60. The van der Waals surface area contributed by atoms with Crippen LogP contribution in [0.3, 0.4) is 0 Å². The average Bonchev–Trinajstić information content (AvgIpc) is 0.765. The molecular weight excluding hydrogens is 1760 g/mol. The van der Waals surface area contributed by atoms with Crippen molar-refractivity contribution < 1.29 is 37.9 Å². The SMILES string of the molecule is CC(C)Oc1ccc(CNCCC2(c3ccccc3)CCOC(C)(C)C2)cc1.CCN(CCC1(c2ccccc2)CCOC(C)(C)C1)Cc1ccc(N(C)C)cc1.CN(C)c1ccc(CNCCC2(c3ccccc3)CCOC(C)(C)C2)cc1.COc1ccc(C2(CCNCc3ccc(N(C)C)cc3)CCOC(C)(C)C2)cc1.COc1ccccc1C1(CCNCc2ccc(N(C)C)cc2)CCOC(C)(C)C1.